The van der Waals surface area contributed by atoms with Gasteiger partial charge in [-0.25, -0.2) is 0 Å². The third kappa shape index (κ3) is 23.7. The van der Waals surface area contributed by atoms with E-state index in [1.165, 1.54) is 0 Å². The maximum atomic E-state index is 4.83. The molecule has 0 spiro atoms. The molecule has 0 unspecified atom stereocenters. The lowest BCUT2D eigenvalue weighted by Gasteiger charge is -1.88. The molecule has 0 saturated heterocycles. The Morgan fingerprint density at radius 2 is 1.50 bits per heavy atom. The zero-order valence-electron chi connectivity index (χ0n) is 7.48. The number of hydrogen-bond acceptors (Lipinski definition) is 1. The topological polar surface area (TPSA) is 9.23 Å². The predicted octanol–water partition coefficient (Wildman–Crippen LogP) is 3.08. The van der Waals surface area contributed by atoms with Crippen molar-refractivity contribution < 1.29 is 4.74 Å². The van der Waals surface area contributed by atoms with Gasteiger partial charge in [0.1, 0.15) is 0 Å². The molecule has 0 bridgehead atoms. The van der Waals surface area contributed by atoms with Gasteiger partial charge in [-0.1, -0.05) is 29.8 Å². The number of hydrogen-bond donors (Lipinski definition) is 0. The van der Waals surface area contributed by atoms with Gasteiger partial charge in [-0.2, -0.15) is 0 Å². The van der Waals surface area contributed by atoms with E-state index in [0.717, 1.165) is 24.5 Å². The van der Waals surface area contributed by atoms with E-state index in [1.54, 1.807) is 0 Å². The molecular weight excluding hydrogens is 192 g/mol. The molecule has 0 radical (unpaired) electrons. The Balaban J connectivity index is 0. The molecule has 0 aliphatic rings. The average molecular weight is 211 g/mol. The van der Waals surface area contributed by atoms with Crippen LogP contribution in [0.3, 0.4) is 0 Å². The lowest BCUT2D eigenvalue weighted by Crippen LogP contribution is -1.84. The quantitative estimate of drug-likeness (QED) is 0.652. The number of rotatable bonds is 3. The standard InChI is InChI=1S/C4H9Br.C4H10O/c1-4(2)3-5;1-3-5-4-2/h4H,3H2,1-2H3;3-4H2,1-2H3. The summed E-state index contributed by atoms with van der Waals surface area (Å²) in [5.74, 6) is 0.801. The fourth-order valence-electron chi connectivity index (χ4n) is 0.204. The first kappa shape index (κ1) is 13.1. The number of alkyl halides is 1. The van der Waals surface area contributed by atoms with Crippen LogP contribution in [0.5, 0.6) is 0 Å². The molecule has 64 valence electrons. The third-order valence-corrected chi connectivity index (χ3v) is 2.01. The molecule has 0 N–H and O–H groups in total. The normalized spacial score (nSPS) is 9.00. The van der Waals surface area contributed by atoms with Gasteiger partial charge in [-0.3, -0.25) is 0 Å². The van der Waals surface area contributed by atoms with Crippen LogP contribution in [-0.2, 0) is 4.74 Å². The Kier molecular flexibility index (Phi) is 15.9. The van der Waals surface area contributed by atoms with Crippen LogP contribution in [0, 0.1) is 5.92 Å². The molecule has 0 aliphatic carbocycles. The van der Waals surface area contributed by atoms with E-state index in [-0.39, 0.29) is 0 Å². The molecule has 2 heteroatoms. The van der Waals surface area contributed by atoms with Crippen molar-refractivity contribution in [3.05, 3.63) is 0 Å². The molecule has 1 nitrogen and oxygen atoms in total. The molecule has 0 amide bonds. The molecule has 0 aliphatic heterocycles. The van der Waals surface area contributed by atoms with Crippen molar-refractivity contribution in [3.63, 3.8) is 0 Å². The fourth-order valence-corrected chi connectivity index (χ4v) is 0.204. The third-order valence-electron chi connectivity index (χ3n) is 0.717. The van der Waals surface area contributed by atoms with Gasteiger partial charge >= 0.3 is 0 Å². The van der Waals surface area contributed by atoms with Gasteiger partial charge < -0.3 is 4.74 Å². The highest BCUT2D eigenvalue weighted by molar-refractivity contribution is 9.09. The van der Waals surface area contributed by atoms with Crippen LogP contribution in [0.2, 0.25) is 0 Å². The minimum absolute atomic E-state index is 0.801. The molecule has 10 heavy (non-hydrogen) atoms. The van der Waals surface area contributed by atoms with Crippen LogP contribution < -0.4 is 0 Å². The van der Waals surface area contributed by atoms with Crippen molar-refractivity contribution >= 4 is 15.9 Å². The summed E-state index contributed by atoms with van der Waals surface area (Å²) < 4.78 is 4.83. The van der Waals surface area contributed by atoms with Crippen LogP contribution >= 0.6 is 15.9 Å². The van der Waals surface area contributed by atoms with Crippen LogP contribution in [0.1, 0.15) is 27.7 Å². The number of halogens is 1. The van der Waals surface area contributed by atoms with Crippen LogP contribution in [0.15, 0.2) is 0 Å². The first-order valence-electron chi connectivity index (χ1n) is 3.82. The SMILES string of the molecule is CC(C)CBr.CCOCC. The zero-order chi connectivity index (χ0) is 8.41. The van der Waals surface area contributed by atoms with Crippen molar-refractivity contribution in [2.45, 2.75) is 27.7 Å². The summed E-state index contributed by atoms with van der Waals surface area (Å²) in [5, 5.41) is 1.12. The van der Waals surface area contributed by atoms with Gasteiger partial charge in [0.2, 0.25) is 0 Å². The first-order chi connectivity index (χ1) is 4.68. The summed E-state index contributed by atoms with van der Waals surface area (Å²) in [6.07, 6.45) is 0. The van der Waals surface area contributed by atoms with E-state index >= 15 is 0 Å². The largest absolute Gasteiger partial charge is 0.382 e. The van der Waals surface area contributed by atoms with Crippen molar-refractivity contribution in [1.82, 2.24) is 0 Å². The van der Waals surface area contributed by atoms with E-state index in [4.69, 9.17) is 4.74 Å². The van der Waals surface area contributed by atoms with Gasteiger partial charge in [-0.05, 0) is 19.8 Å². The van der Waals surface area contributed by atoms with Crippen LogP contribution in [-0.4, -0.2) is 18.5 Å². The molecule has 0 aromatic rings. The van der Waals surface area contributed by atoms with Crippen LogP contribution in [0.25, 0.3) is 0 Å². The van der Waals surface area contributed by atoms with Crippen molar-refractivity contribution in [2.24, 2.45) is 5.92 Å². The van der Waals surface area contributed by atoms with Crippen molar-refractivity contribution in [2.75, 3.05) is 18.5 Å². The molecule has 0 fully saturated rings. The minimum atomic E-state index is 0.801. The van der Waals surface area contributed by atoms with Crippen molar-refractivity contribution in [3.8, 4) is 0 Å². The lowest BCUT2D eigenvalue weighted by molar-refractivity contribution is 0.162. The van der Waals surface area contributed by atoms with Gasteiger partial charge in [0.05, 0.1) is 0 Å². The minimum Gasteiger partial charge on any atom is -0.382 e. The maximum Gasteiger partial charge on any atom is 0.0437 e. The van der Waals surface area contributed by atoms with E-state index < -0.39 is 0 Å². The highest BCUT2D eigenvalue weighted by atomic mass is 79.9. The second-order valence-electron chi connectivity index (χ2n) is 2.33. The van der Waals surface area contributed by atoms with Crippen LogP contribution in [0.4, 0.5) is 0 Å². The van der Waals surface area contributed by atoms with Crippen molar-refractivity contribution in [1.29, 1.82) is 0 Å². The molecule has 0 rings (SSSR count). The highest BCUT2D eigenvalue weighted by Gasteiger charge is 1.81. The second-order valence-corrected chi connectivity index (χ2v) is 2.98. The Morgan fingerprint density at radius 3 is 1.50 bits per heavy atom. The molecule has 0 aromatic carbocycles. The van der Waals surface area contributed by atoms with Gasteiger partial charge in [0.25, 0.3) is 0 Å². The molecule has 0 saturated carbocycles. The smallest absolute Gasteiger partial charge is 0.0437 e. The number of ether oxygens (including phenoxy) is 1. The Bertz CT molecular complexity index is 44.5. The monoisotopic (exact) mass is 210 g/mol. The fraction of sp³-hybridized carbons (Fsp3) is 1.00. The summed E-state index contributed by atoms with van der Waals surface area (Å²) >= 11 is 3.31. The Labute approximate surface area is 73.3 Å². The van der Waals surface area contributed by atoms with E-state index in [9.17, 15) is 0 Å². The summed E-state index contributed by atoms with van der Waals surface area (Å²) in [6.45, 7) is 10.0. The average Bonchev–Trinajstić information content (AvgIpc) is 1.91. The van der Waals surface area contributed by atoms with E-state index in [1.807, 2.05) is 13.8 Å². The highest BCUT2D eigenvalue weighted by Crippen LogP contribution is 1.94. The van der Waals surface area contributed by atoms with E-state index in [0.29, 0.717) is 0 Å². The summed E-state index contributed by atoms with van der Waals surface area (Å²) in [4.78, 5) is 0. The maximum absolute atomic E-state index is 4.83. The van der Waals surface area contributed by atoms with Gasteiger partial charge in [0.15, 0.2) is 0 Å². The zero-order valence-corrected chi connectivity index (χ0v) is 9.07. The lowest BCUT2D eigenvalue weighted by atomic mass is 10.3. The summed E-state index contributed by atoms with van der Waals surface area (Å²) in [5.41, 5.74) is 0. The molecular formula is C8H19BrO. The van der Waals surface area contributed by atoms with E-state index in [2.05, 4.69) is 29.8 Å². The summed E-state index contributed by atoms with van der Waals surface area (Å²) in [6, 6.07) is 0. The van der Waals surface area contributed by atoms with Gasteiger partial charge in [0, 0.05) is 18.5 Å². The van der Waals surface area contributed by atoms with Gasteiger partial charge in [-0.15, -0.1) is 0 Å². The molecule has 0 aromatic heterocycles. The molecule has 0 heterocycles. The first-order valence-corrected chi connectivity index (χ1v) is 4.94. The Hall–Kier alpha value is 0.440. The predicted molar refractivity (Wildman–Crippen MR) is 50.8 cm³/mol. The molecule has 0 atom stereocenters. The second kappa shape index (κ2) is 12.1. The summed E-state index contributed by atoms with van der Waals surface area (Å²) in [7, 11) is 0. The Morgan fingerprint density at radius 1 is 1.20 bits per heavy atom.